The summed E-state index contributed by atoms with van der Waals surface area (Å²) in [4.78, 5) is 33.4. The fourth-order valence-corrected chi connectivity index (χ4v) is 5.21. The van der Waals surface area contributed by atoms with Crippen LogP contribution in [0.4, 0.5) is 0 Å². The molecule has 1 aliphatic rings. The molecule has 36 heavy (non-hydrogen) atoms. The highest BCUT2D eigenvalue weighted by Gasteiger charge is 2.32. The van der Waals surface area contributed by atoms with E-state index in [4.69, 9.17) is 17.0 Å². The highest BCUT2D eigenvalue weighted by molar-refractivity contribution is 8.26. The molecule has 1 amide bonds. The van der Waals surface area contributed by atoms with E-state index in [1.165, 1.54) is 16.2 Å². The van der Waals surface area contributed by atoms with Crippen molar-refractivity contribution in [3.63, 3.8) is 0 Å². The molecule has 5 rings (SSSR count). The Morgan fingerprint density at radius 1 is 1.00 bits per heavy atom. The van der Waals surface area contributed by atoms with E-state index in [0.717, 1.165) is 16.7 Å². The van der Waals surface area contributed by atoms with Crippen molar-refractivity contribution in [3.8, 4) is 11.6 Å². The molecule has 0 saturated carbocycles. The van der Waals surface area contributed by atoms with Gasteiger partial charge in [-0.05, 0) is 55.7 Å². The van der Waals surface area contributed by atoms with Gasteiger partial charge in [-0.1, -0.05) is 78.1 Å². The Labute approximate surface area is 218 Å². The van der Waals surface area contributed by atoms with Crippen LogP contribution >= 0.6 is 24.0 Å². The van der Waals surface area contributed by atoms with E-state index in [1.807, 2.05) is 74.5 Å². The van der Waals surface area contributed by atoms with Crippen LogP contribution in [-0.4, -0.2) is 31.1 Å². The first-order chi connectivity index (χ1) is 17.4. The Balaban J connectivity index is 1.53. The normalized spacial score (nSPS) is 14.7. The number of hydrogen-bond donors (Lipinski definition) is 0. The van der Waals surface area contributed by atoms with Gasteiger partial charge in [0, 0.05) is 12.7 Å². The van der Waals surface area contributed by atoms with Gasteiger partial charge in [-0.2, -0.15) is 4.98 Å². The number of ether oxygens (including phenoxy) is 1. The molecule has 0 bridgehead atoms. The Bertz CT molecular complexity index is 1560. The lowest BCUT2D eigenvalue weighted by Crippen LogP contribution is -2.30. The monoisotopic (exact) mass is 513 g/mol. The second kappa shape index (κ2) is 10.1. The van der Waals surface area contributed by atoms with Gasteiger partial charge >= 0.3 is 0 Å². The number of carbonyl (C=O) groups excluding carboxylic acids is 1. The molecule has 1 saturated heterocycles. The Kier molecular flexibility index (Phi) is 6.71. The molecule has 0 aliphatic carbocycles. The minimum absolute atomic E-state index is 0.146. The molecule has 0 unspecified atom stereocenters. The third-order valence-electron chi connectivity index (χ3n) is 5.90. The van der Waals surface area contributed by atoms with Gasteiger partial charge in [0.05, 0.1) is 4.91 Å². The molecule has 180 valence electrons. The maximum absolute atomic E-state index is 13.5. The summed E-state index contributed by atoms with van der Waals surface area (Å²) in [5, 5.41) is 0. The van der Waals surface area contributed by atoms with E-state index >= 15 is 0 Å². The Hall–Kier alpha value is -3.75. The fraction of sp³-hybridized carbons (Fsp3) is 0.143. The number of hydrogen-bond acceptors (Lipinski definition) is 6. The fourth-order valence-electron chi connectivity index (χ4n) is 3.92. The molecule has 2 aromatic heterocycles. The van der Waals surface area contributed by atoms with Crippen LogP contribution in [0.2, 0.25) is 0 Å². The van der Waals surface area contributed by atoms with Crippen LogP contribution in [0.25, 0.3) is 11.7 Å². The zero-order valence-corrected chi connectivity index (χ0v) is 21.4. The molecule has 8 heteroatoms. The lowest BCUT2D eigenvalue weighted by molar-refractivity contribution is -0.122. The lowest BCUT2D eigenvalue weighted by Gasteiger charge is -2.14. The van der Waals surface area contributed by atoms with Crippen LogP contribution in [0, 0.1) is 13.8 Å². The van der Waals surface area contributed by atoms with E-state index in [-0.39, 0.29) is 22.9 Å². The number of fused-ring (bicyclic) bond motifs is 1. The number of amides is 1. The van der Waals surface area contributed by atoms with Gasteiger partial charge in [0.15, 0.2) is 0 Å². The number of thiocarbonyl (C=S) groups is 1. The van der Waals surface area contributed by atoms with Crippen molar-refractivity contribution in [3.05, 3.63) is 110 Å². The van der Waals surface area contributed by atoms with Gasteiger partial charge in [-0.15, -0.1) is 0 Å². The molecule has 0 atom stereocenters. The van der Waals surface area contributed by atoms with Gasteiger partial charge in [0.25, 0.3) is 11.5 Å². The summed E-state index contributed by atoms with van der Waals surface area (Å²) in [6.45, 7) is 4.33. The molecular weight excluding hydrogens is 490 g/mol. The van der Waals surface area contributed by atoms with Crippen LogP contribution in [0.15, 0.2) is 82.6 Å². The predicted octanol–water partition coefficient (Wildman–Crippen LogP) is 5.55. The summed E-state index contributed by atoms with van der Waals surface area (Å²) in [5.41, 5.74) is 3.42. The Morgan fingerprint density at radius 2 is 1.75 bits per heavy atom. The van der Waals surface area contributed by atoms with E-state index in [0.29, 0.717) is 33.6 Å². The number of aromatic nitrogens is 2. The maximum Gasteiger partial charge on any atom is 0.269 e. The zero-order valence-electron chi connectivity index (χ0n) is 19.8. The highest BCUT2D eigenvalue weighted by Crippen LogP contribution is 2.34. The first-order valence-electron chi connectivity index (χ1n) is 11.5. The smallest absolute Gasteiger partial charge is 0.269 e. The van der Waals surface area contributed by atoms with Crippen molar-refractivity contribution >= 4 is 45.9 Å². The zero-order chi connectivity index (χ0) is 25.2. The molecule has 0 N–H and O–H groups in total. The molecule has 1 fully saturated rings. The lowest BCUT2D eigenvalue weighted by atomic mass is 10.1. The van der Waals surface area contributed by atoms with Crippen LogP contribution in [-0.2, 0) is 11.2 Å². The third kappa shape index (κ3) is 4.82. The van der Waals surface area contributed by atoms with Crippen molar-refractivity contribution in [2.24, 2.45) is 0 Å². The standard InChI is InChI=1S/C28H23N3O3S2/c1-18-10-12-21(13-11-18)34-25-22(26(32)30-15-6-7-19(2)24(30)29-25)17-23-27(33)31(28(35)36-23)16-14-20-8-4-3-5-9-20/h3-13,15,17H,14,16H2,1-2H3/b23-17-. The number of benzene rings is 2. The first kappa shape index (κ1) is 24.0. The molecule has 1 aliphatic heterocycles. The minimum Gasteiger partial charge on any atom is -0.438 e. The van der Waals surface area contributed by atoms with Crippen LogP contribution in [0.1, 0.15) is 22.3 Å². The van der Waals surface area contributed by atoms with E-state index in [1.54, 1.807) is 23.2 Å². The number of thioether (sulfide) groups is 1. The molecule has 0 radical (unpaired) electrons. The molecule has 2 aromatic carbocycles. The second-order valence-corrected chi connectivity index (χ2v) is 10.2. The average molecular weight is 514 g/mol. The number of carbonyl (C=O) groups is 1. The average Bonchev–Trinajstić information content (AvgIpc) is 3.14. The van der Waals surface area contributed by atoms with Gasteiger partial charge in [-0.25, -0.2) is 0 Å². The van der Waals surface area contributed by atoms with Crippen molar-refractivity contribution in [1.29, 1.82) is 0 Å². The van der Waals surface area contributed by atoms with E-state index < -0.39 is 0 Å². The number of aryl methyl sites for hydroxylation is 2. The minimum atomic E-state index is -0.319. The summed E-state index contributed by atoms with van der Waals surface area (Å²) in [7, 11) is 0. The third-order valence-corrected chi connectivity index (χ3v) is 7.28. The van der Waals surface area contributed by atoms with Gasteiger partial charge in [0.2, 0.25) is 5.88 Å². The summed E-state index contributed by atoms with van der Waals surface area (Å²) in [6.07, 6.45) is 3.90. The second-order valence-electron chi connectivity index (χ2n) is 8.50. The van der Waals surface area contributed by atoms with Crippen molar-refractivity contribution in [1.82, 2.24) is 14.3 Å². The summed E-state index contributed by atoms with van der Waals surface area (Å²) in [6, 6.07) is 21.1. The molecule has 0 spiro atoms. The summed E-state index contributed by atoms with van der Waals surface area (Å²) in [5.74, 6) is 0.471. The number of rotatable bonds is 6. The molecule has 3 heterocycles. The Morgan fingerprint density at radius 3 is 2.50 bits per heavy atom. The first-order valence-corrected chi connectivity index (χ1v) is 12.7. The molecular formula is C28H23N3O3S2. The quantitative estimate of drug-likeness (QED) is 0.249. The van der Waals surface area contributed by atoms with Gasteiger partial charge in [0.1, 0.15) is 21.3 Å². The van der Waals surface area contributed by atoms with Gasteiger partial charge < -0.3 is 4.74 Å². The van der Waals surface area contributed by atoms with Crippen LogP contribution in [0.5, 0.6) is 11.6 Å². The van der Waals surface area contributed by atoms with E-state index in [9.17, 15) is 9.59 Å². The molecule has 4 aromatic rings. The van der Waals surface area contributed by atoms with E-state index in [2.05, 4.69) is 4.98 Å². The molecule has 6 nitrogen and oxygen atoms in total. The van der Waals surface area contributed by atoms with Crippen molar-refractivity contribution < 1.29 is 9.53 Å². The highest BCUT2D eigenvalue weighted by atomic mass is 32.2. The topological polar surface area (TPSA) is 63.9 Å². The van der Waals surface area contributed by atoms with Crippen LogP contribution in [0.3, 0.4) is 0 Å². The maximum atomic E-state index is 13.5. The summed E-state index contributed by atoms with van der Waals surface area (Å²) < 4.78 is 8.01. The predicted molar refractivity (Wildman–Crippen MR) is 147 cm³/mol. The van der Waals surface area contributed by atoms with Crippen molar-refractivity contribution in [2.45, 2.75) is 20.3 Å². The van der Waals surface area contributed by atoms with Gasteiger partial charge in [-0.3, -0.25) is 18.9 Å². The summed E-state index contributed by atoms with van der Waals surface area (Å²) >= 11 is 6.68. The largest absolute Gasteiger partial charge is 0.438 e. The number of nitrogens with zero attached hydrogens (tertiary/aromatic N) is 3. The van der Waals surface area contributed by atoms with Crippen LogP contribution < -0.4 is 10.3 Å². The SMILES string of the molecule is Cc1ccc(Oc2nc3c(C)cccn3c(=O)c2/C=C2\SC(=S)N(CCc3ccccc3)C2=O)cc1. The van der Waals surface area contributed by atoms with Crippen molar-refractivity contribution in [2.75, 3.05) is 6.54 Å². The number of pyridine rings is 1.